The molecule has 0 saturated carbocycles. The van der Waals surface area contributed by atoms with Crippen LogP contribution in [0.1, 0.15) is 16.1 Å². The molecule has 3 heterocycles. The summed E-state index contributed by atoms with van der Waals surface area (Å²) < 4.78 is 1.02. The van der Waals surface area contributed by atoms with Gasteiger partial charge in [0.25, 0.3) is 5.91 Å². The van der Waals surface area contributed by atoms with Crippen molar-refractivity contribution < 1.29 is 9.59 Å². The number of rotatable bonds is 6. The summed E-state index contributed by atoms with van der Waals surface area (Å²) >= 11 is 2.96. The lowest BCUT2D eigenvalue weighted by molar-refractivity contribution is -0.131. The lowest BCUT2D eigenvalue weighted by atomic mass is 10.2. The van der Waals surface area contributed by atoms with Gasteiger partial charge in [0.2, 0.25) is 5.91 Å². The minimum atomic E-state index is -0.140. The van der Waals surface area contributed by atoms with E-state index < -0.39 is 0 Å². The van der Waals surface area contributed by atoms with Gasteiger partial charge in [0.05, 0.1) is 9.58 Å². The fourth-order valence-corrected chi connectivity index (χ4v) is 5.46. The number of thiazole rings is 1. The van der Waals surface area contributed by atoms with Gasteiger partial charge in [-0.25, -0.2) is 4.98 Å². The number of benzene rings is 1. The van der Waals surface area contributed by atoms with Crippen LogP contribution in [0.5, 0.6) is 0 Å². The summed E-state index contributed by atoms with van der Waals surface area (Å²) in [4.78, 5) is 37.1. The average molecular weight is 444 g/mol. The molecule has 0 spiro atoms. The number of nitrogens with zero attached hydrogens (tertiary/aromatic N) is 4. The molecule has 3 aromatic rings. The summed E-state index contributed by atoms with van der Waals surface area (Å²) in [6.45, 7) is 3.43. The molecule has 0 unspecified atom stereocenters. The number of hydrogen-bond donors (Lipinski definition) is 1. The fourth-order valence-electron chi connectivity index (χ4n) is 3.41. The first kappa shape index (κ1) is 20.6. The molecule has 1 fully saturated rings. The van der Waals surface area contributed by atoms with Gasteiger partial charge in [-0.15, -0.1) is 11.3 Å². The summed E-state index contributed by atoms with van der Waals surface area (Å²) in [6.07, 6.45) is 0.319. The molecule has 1 saturated heterocycles. The van der Waals surface area contributed by atoms with E-state index in [0.717, 1.165) is 27.8 Å². The molecule has 9 heteroatoms. The summed E-state index contributed by atoms with van der Waals surface area (Å²) in [7, 11) is 3.91. The monoisotopic (exact) mass is 443 g/mol. The molecule has 1 aliphatic heterocycles. The number of piperazine rings is 1. The van der Waals surface area contributed by atoms with Crippen LogP contribution in [0.2, 0.25) is 0 Å². The number of anilines is 2. The molecule has 0 bridgehead atoms. The average Bonchev–Trinajstić information content (AvgIpc) is 3.34. The molecule has 1 aromatic carbocycles. The van der Waals surface area contributed by atoms with Gasteiger partial charge < -0.3 is 20.0 Å². The van der Waals surface area contributed by atoms with Gasteiger partial charge in [-0.1, -0.05) is 29.5 Å². The lowest BCUT2D eigenvalue weighted by Crippen LogP contribution is -2.49. The largest absolute Gasteiger partial charge is 0.368 e. The van der Waals surface area contributed by atoms with Gasteiger partial charge in [-0.2, -0.15) is 0 Å². The zero-order chi connectivity index (χ0) is 21.1. The van der Waals surface area contributed by atoms with Crippen molar-refractivity contribution in [1.29, 1.82) is 0 Å². The summed E-state index contributed by atoms with van der Waals surface area (Å²) in [5.41, 5.74) is 1.19. The maximum Gasteiger partial charge on any atom is 0.261 e. The van der Waals surface area contributed by atoms with Crippen molar-refractivity contribution in [2.24, 2.45) is 0 Å². The van der Waals surface area contributed by atoms with Crippen LogP contribution in [0.3, 0.4) is 0 Å². The Hall–Kier alpha value is -2.65. The maximum atomic E-state index is 12.5. The van der Waals surface area contributed by atoms with Crippen LogP contribution in [-0.2, 0) is 4.79 Å². The standard InChI is InChI=1S/C21H25N5O2S2/c1-24(2)21-23-20-17(30-21)14-16(29-20)19(28)22-9-8-18(27)26-12-10-25(11-13-26)15-6-4-3-5-7-15/h3-7,14H,8-13H2,1-2H3,(H,22,28). The third kappa shape index (κ3) is 4.57. The van der Waals surface area contributed by atoms with Crippen molar-refractivity contribution in [1.82, 2.24) is 15.2 Å². The van der Waals surface area contributed by atoms with Crippen molar-refractivity contribution in [2.45, 2.75) is 6.42 Å². The second kappa shape index (κ2) is 9.01. The topological polar surface area (TPSA) is 68.8 Å². The number of nitrogens with one attached hydrogen (secondary N) is 1. The summed E-state index contributed by atoms with van der Waals surface area (Å²) in [5.74, 6) is -0.0502. The number of aromatic nitrogens is 1. The molecule has 0 aliphatic carbocycles. The van der Waals surface area contributed by atoms with Gasteiger partial charge in [0.15, 0.2) is 5.13 Å². The zero-order valence-electron chi connectivity index (χ0n) is 17.1. The van der Waals surface area contributed by atoms with Crippen molar-refractivity contribution in [3.05, 3.63) is 41.3 Å². The quantitative estimate of drug-likeness (QED) is 0.635. The number of hydrogen-bond acceptors (Lipinski definition) is 7. The Labute approximate surface area is 183 Å². The predicted octanol–water partition coefficient (Wildman–Crippen LogP) is 2.89. The van der Waals surface area contributed by atoms with Gasteiger partial charge in [-0.3, -0.25) is 9.59 Å². The molecule has 2 amide bonds. The van der Waals surface area contributed by atoms with Gasteiger partial charge >= 0.3 is 0 Å². The number of amides is 2. The van der Waals surface area contributed by atoms with Crippen molar-refractivity contribution in [2.75, 3.05) is 56.6 Å². The Bertz CT molecular complexity index is 991. The Morgan fingerprint density at radius 3 is 2.50 bits per heavy atom. The van der Waals surface area contributed by atoms with E-state index in [9.17, 15) is 9.59 Å². The molecule has 30 heavy (non-hydrogen) atoms. The molecule has 1 aliphatic rings. The predicted molar refractivity (Wildman–Crippen MR) is 124 cm³/mol. The van der Waals surface area contributed by atoms with Crippen LogP contribution >= 0.6 is 22.7 Å². The minimum Gasteiger partial charge on any atom is -0.368 e. The molecule has 4 rings (SSSR count). The highest BCUT2D eigenvalue weighted by Crippen LogP contribution is 2.33. The molecule has 158 valence electrons. The second-order valence-electron chi connectivity index (χ2n) is 7.38. The van der Waals surface area contributed by atoms with Crippen LogP contribution in [-0.4, -0.2) is 68.5 Å². The Morgan fingerprint density at radius 1 is 1.10 bits per heavy atom. The third-order valence-electron chi connectivity index (χ3n) is 5.06. The van der Waals surface area contributed by atoms with E-state index in [-0.39, 0.29) is 11.8 Å². The molecule has 1 N–H and O–H groups in total. The van der Waals surface area contributed by atoms with Crippen molar-refractivity contribution in [3.8, 4) is 0 Å². The minimum absolute atomic E-state index is 0.0902. The molecule has 0 radical (unpaired) electrons. The van der Waals surface area contributed by atoms with E-state index in [4.69, 9.17) is 0 Å². The number of carbonyl (C=O) groups is 2. The summed E-state index contributed by atoms with van der Waals surface area (Å²) in [6, 6.07) is 12.1. The van der Waals surface area contributed by atoms with E-state index in [0.29, 0.717) is 30.9 Å². The highest BCUT2D eigenvalue weighted by atomic mass is 32.1. The molecule has 7 nitrogen and oxygen atoms in total. The van der Waals surface area contributed by atoms with E-state index in [1.165, 1.54) is 17.0 Å². The van der Waals surface area contributed by atoms with Crippen LogP contribution < -0.4 is 15.1 Å². The van der Waals surface area contributed by atoms with Crippen molar-refractivity contribution >= 4 is 54.8 Å². The Kier molecular flexibility index (Phi) is 6.19. The van der Waals surface area contributed by atoms with E-state index in [1.807, 2.05) is 48.2 Å². The van der Waals surface area contributed by atoms with E-state index >= 15 is 0 Å². The van der Waals surface area contributed by atoms with Crippen molar-refractivity contribution in [3.63, 3.8) is 0 Å². The number of fused-ring (bicyclic) bond motifs is 1. The first-order chi connectivity index (χ1) is 14.5. The van der Waals surface area contributed by atoms with Gasteiger partial charge in [0.1, 0.15) is 4.83 Å². The highest BCUT2D eigenvalue weighted by Gasteiger charge is 2.21. The van der Waals surface area contributed by atoms with Crippen LogP contribution in [0.15, 0.2) is 36.4 Å². The van der Waals surface area contributed by atoms with E-state index in [2.05, 4.69) is 27.3 Å². The molecule has 0 atom stereocenters. The third-order valence-corrected chi connectivity index (χ3v) is 7.39. The van der Waals surface area contributed by atoms with Crippen LogP contribution in [0.25, 0.3) is 9.53 Å². The van der Waals surface area contributed by atoms with Gasteiger partial charge in [-0.05, 0) is 18.2 Å². The number of thiophene rings is 1. The van der Waals surface area contributed by atoms with Crippen LogP contribution in [0, 0.1) is 0 Å². The first-order valence-electron chi connectivity index (χ1n) is 9.95. The smallest absolute Gasteiger partial charge is 0.261 e. The van der Waals surface area contributed by atoms with Gasteiger partial charge in [0, 0.05) is 58.9 Å². The number of para-hydroxylation sites is 1. The fraction of sp³-hybridized carbons (Fsp3) is 0.381. The zero-order valence-corrected chi connectivity index (χ0v) is 18.8. The second-order valence-corrected chi connectivity index (χ2v) is 9.42. The summed E-state index contributed by atoms with van der Waals surface area (Å²) in [5, 5.41) is 3.80. The highest BCUT2D eigenvalue weighted by molar-refractivity contribution is 7.29. The van der Waals surface area contributed by atoms with E-state index in [1.54, 1.807) is 11.3 Å². The molecule has 2 aromatic heterocycles. The first-order valence-corrected chi connectivity index (χ1v) is 11.6. The normalized spacial score (nSPS) is 14.2. The molecular formula is C21H25N5O2S2. The van der Waals surface area contributed by atoms with Crippen LogP contribution in [0.4, 0.5) is 10.8 Å². The SMILES string of the molecule is CN(C)c1nc2sc(C(=O)NCCC(=O)N3CCN(c4ccccc4)CC3)cc2s1. The number of carbonyl (C=O) groups excluding carboxylic acids is 2. The maximum absolute atomic E-state index is 12.5. The lowest BCUT2D eigenvalue weighted by Gasteiger charge is -2.36. The Balaban J connectivity index is 1.23. The molecular weight excluding hydrogens is 418 g/mol. The Morgan fingerprint density at radius 2 is 1.83 bits per heavy atom.